The molecular weight excluding hydrogens is 371 g/mol. The highest BCUT2D eigenvalue weighted by Gasteiger charge is 2.14. The highest BCUT2D eigenvalue weighted by atomic mass is 28.3. The molecule has 0 aliphatic carbocycles. The molecule has 5 nitrogen and oxygen atoms in total. The van der Waals surface area contributed by atoms with Gasteiger partial charge in [0.1, 0.15) is 24.2 Å². The fourth-order valence-corrected chi connectivity index (χ4v) is 3.66. The highest BCUT2D eigenvalue weighted by Crippen LogP contribution is 2.22. The number of aromatic nitrogens is 4. The van der Waals surface area contributed by atoms with Crippen LogP contribution in [-0.2, 0) is 18.0 Å². The largest absolute Gasteiger partial charge is 0.361 e. The van der Waals surface area contributed by atoms with E-state index < -0.39 is 8.07 Å². The second-order valence-electron chi connectivity index (χ2n) is 8.43. The third-order valence-electron chi connectivity index (χ3n) is 4.78. The topological polar surface area (TPSA) is 44.9 Å². The van der Waals surface area contributed by atoms with E-state index in [0.29, 0.717) is 18.8 Å². The molecule has 0 N–H and O–H groups in total. The summed E-state index contributed by atoms with van der Waals surface area (Å²) in [5.74, 6) is 1.63. The van der Waals surface area contributed by atoms with E-state index in [1.54, 1.807) is 19.2 Å². The molecule has 3 rings (SSSR count). The highest BCUT2D eigenvalue weighted by molar-refractivity contribution is 6.76. The number of nitrogens with zero attached hydrogens (tertiary/aromatic N) is 4. The summed E-state index contributed by atoms with van der Waals surface area (Å²) >= 11 is 0. The van der Waals surface area contributed by atoms with Crippen molar-refractivity contribution in [2.75, 3.05) is 6.61 Å². The van der Waals surface area contributed by atoms with Crippen LogP contribution >= 0.6 is 0 Å². The predicted octanol–water partition coefficient (Wildman–Crippen LogP) is 4.86. The van der Waals surface area contributed by atoms with Gasteiger partial charge in [0, 0.05) is 38.8 Å². The van der Waals surface area contributed by atoms with Crippen LogP contribution in [0.5, 0.6) is 0 Å². The van der Waals surface area contributed by atoms with Gasteiger partial charge in [-0.3, -0.25) is 0 Å². The first-order valence-corrected chi connectivity index (χ1v) is 13.3. The Hall–Kier alpha value is -2.25. The monoisotopic (exact) mass is 400 g/mol. The zero-order valence-corrected chi connectivity index (χ0v) is 18.4. The molecule has 0 bridgehead atoms. The summed E-state index contributed by atoms with van der Waals surface area (Å²) < 4.78 is 23.7. The van der Waals surface area contributed by atoms with Gasteiger partial charge in [0.15, 0.2) is 0 Å². The second-order valence-corrected chi connectivity index (χ2v) is 14.0. The number of aryl methyl sites for hydroxylation is 2. The maximum Gasteiger partial charge on any atom is 0.131 e. The number of imidazole rings is 2. The Morgan fingerprint density at radius 3 is 2.57 bits per heavy atom. The van der Waals surface area contributed by atoms with E-state index in [1.807, 2.05) is 30.0 Å². The summed E-state index contributed by atoms with van der Waals surface area (Å²) in [6, 6.07) is 6.23. The van der Waals surface area contributed by atoms with E-state index in [0.717, 1.165) is 35.6 Å². The van der Waals surface area contributed by atoms with Crippen LogP contribution in [-0.4, -0.2) is 33.8 Å². The molecule has 0 aliphatic rings. The molecule has 0 radical (unpaired) electrons. The van der Waals surface area contributed by atoms with Gasteiger partial charge in [-0.1, -0.05) is 19.6 Å². The minimum Gasteiger partial charge on any atom is -0.361 e. The van der Waals surface area contributed by atoms with Crippen LogP contribution in [0.15, 0.2) is 36.8 Å². The van der Waals surface area contributed by atoms with E-state index in [4.69, 9.17) is 9.72 Å². The molecule has 0 saturated carbocycles. The van der Waals surface area contributed by atoms with Gasteiger partial charge >= 0.3 is 0 Å². The van der Waals surface area contributed by atoms with Crippen molar-refractivity contribution in [3.8, 4) is 11.3 Å². The third-order valence-corrected chi connectivity index (χ3v) is 6.48. The van der Waals surface area contributed by atoms with Crippen LogP contribution in [0.4, 0.5) is 4.39 Å². The summed E-state index contributed by atoms with van der Waals surface area (Å²) in [6.07, 6.45) is 5.72. The Morgan fingerprint density at radius 2 is 1.93 bits per heavy atom. The number of halogens is 1. The van der Waals surface area contributed by atoms with Crippen molar-refractivity contribution in [3.05, 3.63) is 59.8 Å². The molecule has 0 saturated heterocycles. The summed E-state index contributed by atoms with van der Waals surface area (Å²) in [5, 5.41) is 0. The quantitative estimate of drug-likeness (QED) is 0.400. The van der Waals surface area contributed by atoms with Crippen molar-refractivity contribution in [1.29, 1.82) is 0 Å². The second kappa shape index (κ2) is 8.41. The zero-order valence-electron chi connectivity index (χ0n) is 17.4. The van der Waals surface area contributed by atoms with Crippen LogP contribution in [0, 0.1) is 19.7 Å². The number of ether oxygens (including phenoxy) is 1. The summed E-state index contributed by atoms with van der Waals surface area (Å²) in [6.45, 7) is 12.6. The minimum atomic E-state index is -1.13. The first kappa shape index (κ1) is 20.5. The van der Waals surface area contributed by atoms with Gasteiger partial charge in [0.25, 0.3) is 0 Å². The number of hydrogen-bond acceptors (Lipinski definition) is 3. The van der Waals surface area contributed by atoms with Gasteiger partial charge in [-0.15, -0.1) is 0 Å². The number of rotatable bonds is 8. The van der Waals surface area contributed by atoms with Gasteiger partial charge in [-0.05, 0) is 43.7 Å². The van der Waals surface area contributed by atoms with Crippen LogP contribution in [0.25, 0.3) is 11.3 Å². The molecule has 0 unspecified atom stereocenters. The van der Waals surface area contributed by atoms with Crippen LogP contribution in [0.1, 0.15) is 17.2 Å². The Bertz CT molecular complexity index is 942. The van der Waals surface area contributed by atoms with E-state index in [-0.39, 0.29) is 5.82 Å². The maximum atomic E-state index is 13.6. The SMILES string of the molecule is Cc1cc(-c2cn(COCC[Si](C)(C)C)c(Cn3ccnc3C)n2)ccc1F. The van der Waals surface area contributed by atoms with Crippen molar-refractivity contribution in [1.82, 2.24) is 19.1 Å². The molecule has 0 aliphatic heterocycles. The van der Waals surface area contributed by atoms with Crippen LogP contribution in [0.2, 0.25) is 25.7 Å². The molecular formula is C21H29FN4OSi. The molecule has 28 heavy (non-hydrogen) atoms. The van der Waals surface area contributed by atoms with Crippen LogP contribution < -0.4 is 0 Å². The van der Waals surface area contributed by atoms with Gasteiger partial charge in [-0.25, -0.2) is 14.4 Å². The van der Waals surface area contributed by atoms with Crippen molar-refractivity contribution in [3.63, 3.8) is 0 Å². The Labute approximate surface area is 167 Å². The Kier molecular flexibility index (Phi) is 6.15. The molecule has 3 aromatic rings. The lowest BCUT2D eigenvalue weighted by molar-refractivity contribution is 0.0849. The number of benzene rings is 1. The van der Waals surface area contributed by atoms with Crippen molar-refractivity contribution >= 4 is 8.07 Å². The van der Waals surface area contributed by atoms with E-state index in [9.17, 15) is 4.39 Å². The fourth-order valence-electron chi connectivity index (χ4n) is 2.90. The number of hydrogen-bond donors (Lipinski definition) is 0. The van der Waals surface area contributed by atoms with Gasteiger partial charge in [-0.2, -0.15) is 0 Å². The normalized spacial score (nSPS) is 11.9. The molecule has 7 heteroatoms. The van der Waals surface area contributed by atoms with E-state index >= 15 is 0 Å². The average Bonchev–Trinajstić information content (AvgIpc) is 3.20. The van der Waals surface area contributed by atoms with E-state index in [2.05, 4.69) is 29.2 Å². The van der Waals surface area contributed by atoms with Gasteiger partial charge in [0.05, 0.1) is 12.2 Å². The van der Waals surface area contributed by atoms with Gasteiger partial charge in [0.2, 0.25) is 0 Å². The summed E-state index contributed by atoms with van der Waals surface area (Å²) in [7, 11) is -1.13. The first-order valence-electron chi connectivity index (χ1n) is 9.61. The minimum absolute atomic E-state index is 0.202. The van der Waals surface area contributed by atoms with Gasteiger partial charge < -0.3 is 13.9 Å². The van der Waals surface area contributed by atoms with Crippen molar-refractivity contribution in [2.24, 2.45) is 0 Å². The molecule has 0 spiro atoms. The van der Waals surface area contributed by atoms with Crippen molar-refractivity contribution < 1.29 is 9.13 Å². The lowest BCUT2D eigenvalue weighted by Crippen LogP contribution is -2.22. The summed E-state index contributed by atoms with van der Waals surface area (Å²) in [5.41, 5.74) is 2.35. The smallest absolute Gasteiger partial charge is 0.131 e. The first-order chi connectivity index (χ1) is 13.2. The lowest BCUT2D eigenvalue weighted by Gasteiger charge is -2.16. The molecule has 2 heterocycles. The standard InChI is InChI=1S/C21H29FN4OSi/c1-16-12-18(6-7-19(16)22)20-13-26(15-27-10-11-28(3,4)5)21(24-20)14-25-9-8-23-17(25)2/h6-9,12-13H,10-11,14-15H2,1-5H3. The summed E-state index contributed by atoms with van der Waals surface area (Å²) in [4.78, 5) is 9.10. The fraction of sp³-hybridized carbons (Fsp3) is 0.429. The molecule has 150 valence electrons. The van der Waals surface area contributed by atoms with Crippen LogP contribution in [0.3, 0.4) is 0 Å². The Balaban J connectivity index is 1.83. The Morgan fingerprint density at radius 1 is 1.14 bits per heavy atom. The molecule has 1 aromatic carbocycles. The molecule has 0 atom stereocenters. The lowest BCUT2D eigenvalue weighted by atomic mass is 10.1. The molecule has 0 amide bonds. The maximum absolute atomic E-state index is 13.6. The zero-order chi connectivity index (χ0) is 20.3. The third kappa shape index (κ3) is 5.17. The van der Waals surface area contributed by atoms with Crippen molar-refractivity contribution in [2.45, 2.75) is 52.8 Å². The predicted molar refractivity (Wildman–Crippen MR) is 113 cm³/mol. The average molecular weight is 401 g/mol. The molecule has 0 fully saturated rings. The van der Waals surface area contributed by atoms with E-state index in [1.165, 1.54) is 6.07 Å². The molecule has 2 aromatic heterocycles.